The largest absolute Gasteiger partial charge is 0.390 e. The van der Waals surface area contributed by atoms with Crippen molar-refractivity contribution in [1.82, 2.24) is 0 Å². The van der Waals surface area contributed by atoms with Crippen LogP contribution in [0.3, 0.4) is 0 Å². The second-order valence-corrected chi connectivity index (χ2v) is 9.19. The number of allylic oxidation sites excluding steroid dienone is 2. The summed E-state index contributed by atoms with van der Waals surface area (Å²) >= 11 is 0. The summed E-state index contributed by atoms with van der Waals surface area (Å²) in [4.78, 5) is 0. The lowest BCUT2D eigenvalue weighted by Gasteiger charge is -2.59. The van der Waals surface area contributed by atoms with Crippen molar-refractivity contribution < 1.29 is 10.2 Å². The van der Waals surface area contributed by atoms with Crippen LogP contribution in [0.15, 0.2) is 24.3 Å². The van der Waals surface area contributed by atoms with Gasteiger partial charge in [0.15, 0.2) is 0 Å². The molecule has 0 aromatic rings. The quantitative estimate of drug-likeness (QED) is 0.717. The van der Waals surface area contributed by atoms with Gasteiger partial charge in [-0.15, -0.1) is 6.58 Å². The van der Waals surface area contributed by atoms with Crippen molar-refractivity contribution in [2.75, 3.05) is 0 Å². The number of hydrogen-bond donors (Lipinski definition) is 2. The molecule has 0 bridgehead atoms. The van der Waals surface area contributed by atoms with Gasteiger partial charge in [0.1, 0.15) is 0 Å². The van der Waals surface area contributed by atoms with E-state index in [9.17, 15) is 10.2 Å². The Hall–Kier alpha value is -0.600. The second-order valence-electron chi connectivity index (χ2n) is 9.19. The molecule has 2 nitrogen and oxygen atoms in total. The maximum absolute atomic E-state index is 10.4. The van der Waals surface area contributed by atoms with Crippen molar-refractivity contribution in [1.29, 1.82) is 0 Å². The third-order valence-electron chi connectivity index (χ3n) is 7.49. The van der Waals surface area contributed by atoms with Crippen LogP contribution in [-0.2, 0) is 0 Å². The first-order chi connectivity index (χ1) is 10.1. The van der Waals surface area contributed by atoms with E-state index in [2.05, 4.69) is 40.3 Å². The summed E-state index contributed by atoms with van der Waals surface area (Å²) in [5, 5.41) is 20.8. The Labute approximate surface area is 135 Å². The molecule has 0 aliphatic heterocycles. The third kappa shape index (κ3) is 2.14. The van der Waals surface area contributed by atoms with E-state index < -0.39 is 12.2 Å². The molecule has 0 aromatic carbocycles. The first kappa shape index (κ1) is 16.3. The standard InChI is InChI=1S/C20H32O2/c1-6-19(4)9-10-20(5)13(12-19)7-8-14-15(20)11-16(21)17(22)18(14,2)3/h6,11,13-14,16-17,21-22H,1,7-10,12H2,2-5H3/t13-,14-,16-,17+,19-,20-/m1/s1. The van der Waals surface area contributed by atoms with Crippen molar-refractivity contribution in [3.05, 3.63) is 24.3 Å². The normalized spacial score (nSPS) is 50.5. The summed E-state index contributed by atoms with van der Waals surface area (Å²) < 4.78 is 0. The molecule has 0 aromatic heterocycles. The van der Waals surface area contributed by atoms with E-state index in [1.54, 1.807) is 0 Å². The van der Waals surface area contributed by atoms with Gasteiger partial charge in [-0.1, -0.05) is 45.4 Å². The van der Waals surface area contributed by atoms with Crippen LogP contribution in [0.5, 0.6) is 0 Å². The SMILES string of the molecule is C=C[C@]1(C)CC[C@@]2(C)C3=C[C@@H](O)[C@H](O)C(C)(C)[C@@H]3CC[C@@H]2C1. The monoisotopic (exact) mass is 304 g/mol. The molecule has 3 aliphatic rings. The maximum Gasteiger partial charge on any atom is 0.0988 e. The molecule has 0 radical (unpaired) electrons. The van der Waals surface area contributed by atoms with Crippen LogP contribution in [0.4, 0.5) is 0 Å². The van der Waals surface area contributed by atoms with Gasteiger partial charge in [-0.3, -0.25) is 0 Å². The average Bonchev–Trinajstić information content (AvgIpc) is 2.47. The predicted octanol–water partition coefficient (Wildman–Crippen LogP) is 4.08. The van der Waals surface area contributed by atoms with Crippen LogP contribution in [0.1, 0.15) is 59.8 Å². The lowest BCUT2D eigenvalue weighted by molar-refractivity contribution is -0.0864. The molecular formula is C20H32O2. The van der Waals surface area contributed by atoms with E-state index in [0.717, 1.165) is 6.42 Å². The molecule has 0 saturated heterocycles. The minimum absolute atomic E-state index is 0.184. The Morgan fingerprint density at radius 2 is 1.82 bits per heavy atom. The summed E-state index contributed by atoms with van der Waals surface area (Å²) in [6.45, 7) is 13.0. The minimum Gasteiger partial charge on any atom is -0.390 e. The van der Waals surface area contributed by atoms with Crippen LogP contribution < -0.4 is 0 Å². The predicted molar refractivity (Wildman–Crippen MR) is 90.4 cm³/mol. The first-order valence-electron chi connectivity index (χ1n) is 8.86. The van der Waals surface area contributed by atoms with Gasteiger partial charge in [-0.25, -0.2) is 0 Å². The number of fused-ring (bicyclic) bond motifs is 3. The van der Waals surface area contributed by atoms with Crippen LogP contribution in [0, 0.1) is 28.1 Å². The molecule has 3 aliphatic carbocycles. The topological polar surface area (TPSA) is 40.5 Å². The average molecular weight is 304 g/mol. The van der Waals surface area contributed by atoms with Crippen LogP contribution in [0.2, 0.25) is 0 Å². The first-order valence-corrected chi connectivity index (χ1v) is 8.86. The molecule has 0 spiro atoms. The van der Waals surface area contributed by atoms with Gasteiger partial charge in [0.2, 0.25) is 0 Å². The number of aliphatic hydroxyl groups is 2. The number of rotatable bonds is 1. The summed E-state index contributed by atoms with van der Waals surface area (Å²) in [7, 11) is 0. The molecule has 3 rings (SSSR count). The Balaban J connectivity index is 1.99. The summed E-state index contributed by atoms with van der Waals surface area (Å²) in [6.07, 6.45) is 8.70. The van der Waals surface area contributed by atoms with Gasteiger partial charge in [0.25, 0.3) is 0 Å². The third-order valence-corrected chi connectivity index (χ3v) is 7.49. The highest BCUT2D eigenvalue weighted by Gasteiger charge is 2.56. The Kier molecular flexibility index (Phi) is 3.66. The molecule has 2 fully saturated rings. The number of aliphatic hydroxyl groups excluding tert-OH is 2. The van der Waals surface area contributed by atoms with Gasteiger partial charge < -0.3 is 10.2 Å². The van der Waals surface area contributed by atoms with E-state index >= 15 is 0 Å². The Morgan fingerprint density at radius 3 is 2.45 bits per heavy atom. The van der Waals surface area contributed by atoms with E-state index in [0.29, 0.717) is 11.8 Å². The molecule has 124 valence electrons. The summed E-state index contributed by atoms with van der Waals surface area (Å²) in [5.41, 5.74) is 1.64. The maximum atomic E-state index is 10.4. The van der Waals surface area contributed by atoms with Crippen molar-refractivity contribution in [2.24, 2.45) is 28.1 Å². The van der Waals surface area contributed by atoms with Crippen LogP contribution in [0.25, 0.3) is 0 Å². The Bertz CT molecular complexity index is 506. The van der Waals surface area contributed by atoms with Gasteiger partial charge in [-0.05, 0) is 54.8 Å². The fourth-order valence-electron chi connectivity index (χ4n) is 5.55. The number of hydrogen-bond acceptors (Lipinski definition) is 2. The molecule has 0 unspecified atom stereocenters. The van der Waals surface area contributed by atoms with E-state index in [4.69, 9.17) is 0 Å². The molecule has 0 amide bonds. The zero-order valence-corrected chi connectivity index (χ0v) is 14.6. The highest BCUT2D eigenvalue weighted by molar-refractivity contribution is 5.30. The zero-order valence-electron chi connectivity index (χ0n) is 14.6. The van der Waals surface area contributed by atoms with Crippen molar-refractivity contribution >= 4 is 0 Å². The van der Waals surface area contributed by atoms with Gasteiger partial charge in [0.05, 0.1) is 12.2 Å². The van der Waals surface area contributed by atoms with Gasteiger partial charge in [0, 0.05) is 5.41 Å². The van der Waals surface area contributed by atoms with Crippen molar-refractivity contribution in [2.45, 2.75) is 72.0 Å². The highest BCUT2D eigenvalue weighted by atomic mass is 16.3. The summed E-state index contributed by atoms with van der Waals surface area (Å²) in [6, 6.07) is 0. The lowest BCUT2D eigenvalue weighted by atomic mass is 9.46. The van der Waals surface area contributed by atoms with Crippen LogP contribution in [-0.4, -0.2) is 22.4 Å². The van der Waals surface area contributed by atoms with E-state index in [1.165, 1.54) is 31.3 Å². The summed E-state index contributed by atoms with van der Waals surface area (Å²) in [5.74, 6) is 1.07. The molecule has 2 N–H and O–H groups in total. The molecule has 2 heteroatoms. The van der Waals surface area contributed by atoms with Gasteiger partial charge >= 0.3 is 0 Å². The van der Waals surface area contributed by atoms with E-state index in [-0.39, 0.29) is 16.2 Å². The van der Waals surface area contributed by atoms with Crippen molar-refractivity contribution in [3.8, 4) is 0 Å². The molecule has 0 heterocycles. The zero-order chi connectivity index (χ0) is 16.3. The lowest BCUT2D eigenvalue weighted by Crippen LogP contribution is -2.54. The second kappa shape index (κ2) is 4.95. The highest BCUT2D eigenvalue weighted by Crippen LogP contribution is 2.63. The Morgan fingerprint density at radius 1 is 1.14 bits per heavy atom. The smallest absolute Gasteiger partial charge is 0.0988 e. The minimum atomic E-state index is -0.718. The fourth-order valence-corrected chi connectivity index (χ4v) is 5.55. The molecule has 6 atom stereocenters. The molecular weight excluding hydrogens is 272 g/mol. The van der Waals surface area contributed by atoms with E-state index in [1.807, 2.05) is 6.08 Å². The molecule has 2 saturated carbocycles. The molecule has 22 heavy (non-hydrogen) atoms. The van der Waals surface area contributed by atoms with Gasteiger partial charge in [-0.2, -0.15) is 0 Å². The van der Waals surface area contributed by atoms with Crippen LogP contribution >= 0.6 is 0 Å². The van der Waals surface area contributed by atoms with Crippen molar-refractivity contribution in [3.63, 3.8) is 0 Å². The fraction of sp³-hybridized carbons (Fsp3) is 0.800.